The molecular weight excluding hydrogens is 739 g/mol. The minimum absolute atomic E-state index is 0.0162. The Morgan fingerprint density at radius 3 is 1.59 bits per heavy atom. The normalized spacial score (nSPS) is 14.0. The summed E-state index contributed by atoms with van der Waals surface area (Å²) in [5.41, 5.74) is 17.0. The first-order valence-corrected chi connectivity index (χ1v) is 20.9. The van der Waals surface area contributed by atoms with Crippen LogP contribution in [0.25, 0.3) is 67.5 Å². The molecule has 0 fully saturated rings. The second kappa shape index (κ2) is 14.1. The Bertz CT molecular complexity index is 3140. The number of benzene rings is 8. The number of hydrogen-bond donors (Lipinski definition) is 0. The molecule has 1 aromatic heterocycles. The van der Waals surface area contributed by atoms with E-state index in [4.69, 9.17) is 15.0 Å². The molecule has 0 spiro atoms. The van der Waals surface area contributed by atoms with Crippen molar-refractivity contribution < 1.29 is 0 Å². The highest BCUT2D eigenvalue weighted by Crippen LogP contribution is 2.56. The summed E-state index contributed by atoms with van der Waals surface area (Å²) in [5.74, 6) is 1.89. The Hall–Kier alpha value is -7.89. The van der Waals surface area contributed by atoms with Crippen molar-refractivity contribution in [3.63, 3.8) is 0 Å². The molecule has 0 aliphatic carbocycles. The van der Waals surface area contributed by atoms with Gasteiger partial charge < -0.3 is 4.81 Å². The van der Waals surface area contributed by atoms with E-state index in [1.165, 1.54) is 38.8 Å². The molecule has 4 heterocycles. The molecule has 12 rings (SSSR count). The maximum Gasteiger partial charge on any atom is 0.326 e. The molecule has 0 saturated heterocycles. The SMILES string of the molecule is C1=CN2B3C(=C1)C(c1ccccc1)(c1ccccc1)c1cccc(c13)-c1c(-c3ccccc3)cc(-c3nc(-c4ccccc4)nc(-c4cccc(-c5ccccc5)c4)n3)cc12. The van der Waals surface area contributed by atoms with E-state index in [0.29, 0.717) is 17.5 Å². The van der Waals surface area contributed by atoms with Crippen molar-refractivity contribution in [2.45, 2.75) is 5.41 Å². The average Bonchev–Trinajstić information content (AvgIpc) is 3.66. The number of rotatable bonds is 7. The monoisotopic (exact) mass is 776 g/mol. The summed E-state index contributed by atoms with van der Waals surface area (Å²) < 4.78 is 0. The predicted octanol–water partition coefficient (Wildman–Crippen LogP) is 12.2. The summed E-state index contributed by atoms with van der Waals surface area (Å²) in [4.78, 5) is 18.2. The van der Waals surface area contributed by atoms with E-state index < -0.39 is 5.41 Å². The van der Waals surface area contributed by atoms with Gasteiger partial charge in [-0.05, 0) is 80.4 Å². The summed E-state index contributed by atoms with van der Waals surface area (Å²) in [6, 6.07) is 73.6. The molecule has 0 N–H and O–H groups in total. The fraction of sp³-hybridized carbons (Fsp3) is 0.0179. The van der Waals surface area contributed by atoms with Gasteiger partial charge in [0.25, 0.3) is 0 Å². The zero-order valence-electron chi connectivity index (χ0n) is 33.2. The maximum atomic E-state index is 5.32. The van der Waals surface area contributed by atoms with Gasteiger partial charge in [0, 0.05) is 27.9 Å². The molecule has 8 aromatic carbocycles. The number of nitrogens with zero attached hydrogens (tertiary/aromatic N) is 4. The first-order valence-electron chi connectivity index (χ1n) is 20.9. The van der Waals surface area contributed by atoms with Crippen LogP contribution in [0, 0.1) is 0 Å². The second-order valence-electron chi connectivity index (χ2n) is 15.9. The molecule has 4 nitrogen and oxygen atoms in total. The van der Waals surface area contributed by atoms with Crippen molar-refractivity contribution in [3.05, 3.63) is 247 Å². The number of allylic oxidation sites excluding steroid dienone is 3. The second-order valence-corrected chi connectivity index (χ2v) is 15.9. The maximum absolute atomic E-state index is 5.32. The van der Waals surface area contributed by atoms with E-state index in [0.717, 1.165) is 44.6 Å². The smallest absolute Gasteiger partial charge is 0.326 e. The van der Waals surface area contributed by atoms with Crippen LogP contribution in [-0.4, -0.2) is 21.8 Å². The molecular formula is C56H37BN4. The van der Waals surface area contributed by atoms with Crippen LogP contribution in [0.2, 0.25) is 0 Å². The van der Waals surface area contributed by atoms with Crippen molar-refractivity contribution >= 4 is 18.0 Å². The first kappa shape index (κ1) is 35.1. The minimum atomic E-state index is -0.485. The Balaban J connectivity index is 1.11. The van der Waals surface area contributed by atoms with Gasteiger partial charge in [0.1, 0.15) is 0 Å². The summed E-state index contributed by atoms with van der Waals surface area (Å²) in [6.45, 7) is -0.0162. The molecule has 0 saturated carbocycles. The fourth-order valence-corrected chi connectivity index (χ4v) is 10.1. The van der Waals surface area contributed by atoms with Gasteiger partial charge in [-0.1, -0.05) is 200 Å². The largest absolute Gasteiger partial charge is 0.383 e. The van der Waals surface area contributed by atoms with E-state index in [9.17, 15) is 0 Å². The van der Waals surface area contributed by atoms with Gasteiger partial charge in [-0.15, -0.1) is 0 Å². The van der Waals surface area contributed by atoms with Crippen LogP contribution < -0.4 is 10.3 Å². The van der Waals surface area contributed by atoms with Crippen molar-refractivity contribution in [1.29, 1.82) is 0 Å². The molecule has 9 aromatic rings. The Morgan fingerprint density at radius 1 is 0.410 bits per heavy atom. The van der Waals surface area contributed by atoms with Crippen molar-refractivity contribution in [2.24, 2.45) is 0 Å². The van der Waals surface area contributed by atoms with Crippen molar-refractivity contribution in [1.82, 2.24) is 15.0 Å². The van der Waals surface area contributed by atoms with Gasteiger partial charge >= 0.3 is 6.85 Å². The molecule has 0 bridgehead atoms. The highest BCUT2D eigenvalue weighted by Gasteiger charge is 2.57. The molecule has 0 atom stereocenters. The van der Waals surface area contributed by atoms with Crippen LogP contribution in [0.4, 0.5) is 5.69 Å². The summed E-state index contributed by atoms with van der Waals surface area (Å²) in [5, 5.41) is 0. The zero-order valence-corrected chi connectivity index (χ0v) is 33.2. The first-order chi connectivity index (χ1) is 30.3. The van der Waals surface area contributed by atoms with Gasteiger partial charge in [-0.25, -0.2) is 15.0 Å². The van der Waals surface area contributed by atoms with E-state index >= 15 is 0 Å². The molecule has 284 valence electrons. The Kier molecular flexibility index (Phi) is 8.14. The third-order valence-electron chi connectivity index (χ3n) is 12.6. The molecule has 3 aliphatic heterocycles. The highest BCUT2D eigenvalue weighted by atomic mass is 15.1. The molecule has 0 radical (unpaired) electrons. The lowest BCUT2D eigenvalue weighted by Gasteiger charge is -2.40. The number of anilines is 1. The van der Waals surface area contributed by atoms with Gasteiger partial charge in [0.15, 0.2) is 17.5 Å². The van der Waals surface area contributed by atoms with Gasteiger partial charge in [-0.2, -0.15) is 0 Å². The lowest BCUT2D eigenvalue weighted by Crippen LogP contribution is -2.50. The third kappa shape index (κ3) is 5.51. The fourth-order valence-electron chi connectivity index (χ4n) is 10.1. The van der Waals surface area contributed by atoms with Crippen LogP contribution in [0.15, 0.2) is 230 Å². The van der Waals surface area contributed by atoms with Crippen LogP contribution in [-0.2, 0) is 5.41 Å². The van der Waals surface area contributed by atoms with Crippen LogP contribution in [0.3, 0.4) is 0 Å². The molecule has 5 heteroatoms. The topological polar surface area (TPSA) is 41.9 Å². The van der Waals surface area contributed by atoms with Gasteiger partial charge in [0.05, 0.1) is 5.41 Å². The predicted molar refractivity (Wildman–Crippen MR) is 250 cm³/mol. The highest BCUT2D eigenvalue weighted by molar-refractivity contribution is 6.88. The molecule has 61 heavy (non-hydrogen) atoms. The molecule has 0 unspecified atom stereocenters. The van der Waals surface area contributed by atoms with E-state index in [1.54, 1.807) is 0 Å². The molecule has 3 aliphatic rings. The van der Waals surface area contributed by atoms with Gasteiger partial charge in [-0.3, -0.25) is 0 Å². The Morgan fingerprint density at radius 2 is 0.934 bits per heavy atom. The van der Waals surface area contributed by atoms with Crippen molar-refractivity contribution in [3.8, 4) is 67.5 Å². The van der Waals surface area contributed by atoms with Crippen LogP contribution >= 0.6 is 0 Å². The lowest BCUT2D eigenvalue weighted by atomic mass is 9.45. The number of fused-ring (bicyclic) bond motifs is 3. The quantitative estimate of drug-likeness (QED) is 0.151. The number of hydrogen-bond acceptors (Lipinski definition) is 4. The summed E-state index contributed by atoms with van der Waals surface area (Å²) in [7, 11) is 0. The van der Waals surface area contributed by atoms with Crippen LogP contribution in [0.1, 0.15) is 16.7 Å². The average molecular weight is 777 g/mol. The summed E-state index contributed by atoms with van der Waals surface area (Å²) >= 11 is 0. The minimum Gasteiger partial charge on any atom is -0.383 e. The third-order valence-corrected chi connectivity index (χ3v) is 12.6. The Labute approximate surface area is 356 Å². The van der Waals surface area contributed by atoms with E-state index in [-0.39, 0.29) is 6.85 Å². The van der Waals surface area contributed by atoms with E-state index in [2.05, 4.69) is 205 Å². The standard InChI is InChI=1S/C56H37BN4/c1-6-19-38(20-7-1)41-25-16-26-42(35-41)54-58-53(40-23-10-3-11-24-40)59-55(60-54)43-36-47(39-21-8-2-9-22-39)51-46-31-17-32-48-52(46)57-50(33-18-34-61(57)49(51)37-43)56(48,44-27-12-4-13-28-44)45-29-14-5-15-30-45/h1-37H. The number of aromatic nitrogens is 3. The van der Waals surface area contributed by atoms with E-state index in [1.807, 2.05) is 24.3 Å². The lowest BCUT2D eigenvalue weighted by molar-refractivity contribution is 0.775. The van der Waals surface area contributed by atoms with Crippen LogP contribution in [0.5, 0.6) is 0 Å². The zero-order chi connectivity index (χ0) is 40.3. The van der Waals surface area contributed by atoms with Crippen molar-refractivity contribution in [2.75, 3.05) is 4.81 Å². The summed E-state index contributed by atoms with van der Waals surface area (Å²) in [6.07, 6.45) is 6.86. The van der Waals surface area contributed by atoms with Gasteiger partial charge in [0.2, 0.25) is 0 Å². The molecule has 0 amide bonds.